The van der Waals surface area contributed by atoms with Crippen molar-refractivity contribution < 1.29 is 9.53 Å². The van der Waals surface area contributed by atoms with Crippen molar-refractivity contribution in [3.63, 3.8) is 0 Å². The second-order valence-corrected chi connectivity index (χ2v) is 8.81. The summed E-state index contributed by atoms with van der Waals surface area (Å²) in [5.74, 6) is 0.506. The van der Waals surface area contributed by atoms with E-state index in [0.717, 1.165) is 29.1 Å². The van der Waals surface area contributed by atoms with Crippen LogP contribution in [0.2, 0.25) is 0 Å². The van der Waals surface area contributed by atoms with Gasteiger partial charge in [-0.3, -0.25) is 19.6 Å². The van der Waals surface area contributed by atoms with E-state index >= 15 is 0 Å². The molecule has 1 aliphatic rings. The van der Waals surface area contributed by atoms with E-state index < -0.39 is 0 Å². The summed E-state index contributed by atoms with van der Waals surface area (Å²) in [7, 11) is 0. The minimum Gasteiger partial charge on any atom is -0.378 e. The molecule has 4 heterocycles. The molecule has 0 saturated carbocycles. The Morgan fingerprint density at radius 1 is 1.21 bits per heavy atom. The third kappa shape index (κ3) is 6.23. The number of nitrogens with one attached hydrogen (secondary N) is 2. The molecule has 9 nitrogen and oxygen atoms in total. The molecule has 174 valence electrons. The van der Waals surface area contributed by atoms with Crippen LogP contribution in [0.25, 0.3) is 11.3 Å². The Bertz CT molecular complexity index is 1120. The lowest BCUT2D eigenvalue weighted by molar-refractivity contribution is -0.121. The van der Waals surface area contributed by atoms with Crippen molar-refractivity contribution in [1.82, 2.24) is 25.3 Å². The number of aromatic amines is 1. The number of nitrogens with zero attached hydrogens (tertiary/aromatic N) is 4. The number of aromatic nitrogens is 4. The van der Waals surface area contributed by atoms with Gasteiger partial charge in [-0.2, -0.15) is 0 Å². The van der Waals surface area contributed by atoms with Crippen molar-refractivity contribution >= 4 is 23.2 Å². The first-order valence-electron chi connectivity index (χ1n) is 11.1. The monoisotopic (exact) mass is 468 g/mol. The molecule has 1 saturated heterocycles. The number of morpholine rings is 1. The minimum atomic E-state index is -0.175. The Morgan fingerprint density at radius 2 is 2.00 bits per heavy atom. The zero-order chi connectivity index (χ0) is 23.0. The number of hydrogen-bond donors (Lipinski definition) is 2. The van der Waals surface area contributed by atoms with Gasteiger partial charge in [-0.15, -0.1) is 11.3 Å². The number of H-pyrrole nitrogens is 1. The number of pyridine rings is 1. The highest BCUT2D eigenvalue weighted by Gasteiger charge is 2.16. The van der Waals surface area contributed by atoms with Crippen LogP contribution in [0.15, 0.2) is 34.7 Å². The van der Waals surface area contributed by atoms with E-state index in [9.17, 15) is 9.59 Å². The molecular weight excluding hydrogens is 440 g/mol. The summed E-state index contributed by atoms with van der Waals surface area (Å²) in [6, 6.07) is 3.88. The van der Waals surface area contributed by atoms with Crippen molar-refractivity contribution in [2.75, 3.05) is 37.7 Å². The molecule has 4 rings (SSSR count). The molecule has 0 unspecified atom stereocenters. The molecule has 1 fully saturated rings. The average Bonchev–Trinajstić information content (AvgIpc) is 3.31. The maximum absolute atomic E-state index is 12.5. The Kier molecular flexibility index (Phi) is 7.79. The zero-order valence-corrected chi connectivity index (χ0v) is 19.5. The smallest absolute Gasteiger partial charge is 0.255 e. The summed E-state index contributed by atoms with van der Waals surface area (Å²) in [5, 5.41) is 6.03. The van der Waals surface area contributed by atoms with E-state index in [1.54, 1.807) is 23.7 Å². The van der Waals surface area contributed by atoms with Crippen LogP contribution in [-0.2, 0) is 22.4 Å². The quantitative estimate of drug-likeness (QED) is 0.463. The van der Waals surface area contributed by atoms with E-state index in [1.807, 2.05) is 29.3 Å². The molecule has 3 aromatic rings. The van der Waals surface area contributed by atoms with Gasteiger partial charge in [-0.05, 0) is 31.9 Å². The first kappa shape index (κ1) is 23.1. The second-order valence-electron chi connectivity index (χ2n) is 7.87. The van der Waals surface area contributed by atoms with Gasteiger partial charge in [0.2, 0.25) is 11.9 Å². The SMILES string of the molecule is Cc1nc(N2CCOCC2)[nH]c(=O)c1CCC(=O)NCCCc1nc(-c2ccncc2)cs1. The second kappa shape index (κ2) is 11.2. The molecule has 1 amide bonds. The van der Waals surface area contributed by atoms with Gasteiger partial charge in [0.05, 0.1) is 23.9 Å². The summed E-state index contributed by atoms with van der Waals surface area (Å²) in [6.45, 7) is 5.05. The van der Waals surface area contributed by atoms with Crippen LogP contribution in [0.4, 0.5) is 5.95 Å². The first-order chi connectivity index (χ1) is 16.1. The van der Waals surface area contributed by atoms with Gasteiger partial charge >= 0.3 is 0 Å². The summed E-state index contributed by atoms with van der Waals surface area (Å²) in [5.41, 5.74) is 3.06. The largest absolute Gasteiger partial charge is 0.378 e. The number of anilines is 1. The average molecular weight is 469 g/mol. The van der Waals surface area contributed by atoms with E-state index in [2.05, 4.69) is 25.3 Å². The van der Waals surface area contributed by atoms with Gasteiger partial charge in [0.15, 0.2) is 0 Å². The van der Waals surface area contributed by atoms with Gasteiger partial charge < -0.3 is 15.0 Å². The van der Waals surface area contributed by atoms with Crippen molar-refractivity contribution in [2.45, 2.75) is 32.6 Å². The van der Waals surface area contributed by atoms with Crippen LogP contribution >= 0.6 is 11.3 Å². The number of carbonyl (C=O) groups is 1. The van der Waals surface area contributed by atoms with Crippen molar-refractivity contribution in [3.8, 4) is 11.3 Å². The number of aryl methyl sites for hydroxylation is 2. The standard InChI is InChI=1S/C23H28N6O3S/c1-16-18(22(31)28-23(26-16)29-11-13-32-14-12-29)4-5-20(30)25-8-2-3-21-27-19(15-33-21)17-6-9-24-10-7-17/h6-7,9-10,15H,2-5,8,11-14H2,1H3,(H,25,30)(H,26,28,31). The highest BCUT2D eigenvalue weighted by Crippen LogP contribution is 2.21. The lowest BCUT2D eigenvalue weighted by Gasteiger charge is -2.27. The summed E-state index contributed by atoms with van der Waals surface area (Å²) in [4.78, 5) is 42.9. The molecule has 0 aromatic carbocycles. The highest BCUT2D eigenvalue weighted by molar-refractivity contribution is 7.09. The van der Waals surface area contributed by atoms with E-state index in [1.165, 1.54) is 0 Å². The van der Waals surface area contributed by atoms with E-state index in [0.29, 0.717) is 56.5 Å². The maximum Gasteiger partial charge on any atom is 0.255 e. The lowest BCUT2D eigenvalue weighted by atomic mass is 10.1. The fraction of sp³-hybridized carbons (Fsp3) is 0.435. The molecule has 0 spiro atoms. The number of thiazole rings is 1. The number of carbonyl (C=O) groups excluding carboxylic acids is 1. The summed E-state index contributed by atoms with van der Waals surface area (Å²) >= 11 is 1.63. The molecule has 33 heavy (non-hydrogen) atoms. The van der Waals surface area contributed by atoms with Gasteiger partial charge in [-0.1, -0.05) is 0 Å². The number of hydrogen-bond acceptors (Lipinski definition) is 8. The van der Waals surface area contributed by atoms with E-state index in [4.69, 9.17) is 4.74 Å². The van der Waals surface area contributed by atoms with Crippen LogP contribution in [0.1, 0.15) is 29.1 Å². The molecule has 10 heteroatoms. The Labute approximate surface area is 196 Å². The summed E-state index contributed by atoms with van der Waals surface area (Å²) < 4.78 is 5.34. The molecule has 3 aromatic heterocycles. The van der Waals surface area contributed by atoms with Crippen LogP contribution in [-0.4, -0.2) is 58.7 Å². The topological polar surface area (TPSA) is 113 Å². The minimum absolute atomic E-state index is 0.0670. The van der Waals surface area contributed by atoms with E-state index in [-0.39, 0.29) is 17.9 Å². The molecule has 0 aliphatic carbocycles. The first-order valence-corrected chi connectivity index (χ1v) is 12.0. The van der Waals surface area contributed by atoms with Gasteiger partial charge in [-0.25, -0.2) is 9.97 Å². The molecule has 2 N–H and O–H groups in total. The highest BCUT2D eigenvalue weighted by atomic mass is 32.1. The van der Waals surface area contributed by atoms with Crippen LogP contribution < -0.4 is 15.8 Å². The van der Waals surface area contributed by atoms with Crippen molar-refractivity contribution in [2.24, 2.45) is 0 Å². The number of rotatable bonds is 9. The van der Waals surface area contributed by atoms with Crippen molar-refractivity contribution in [3.05, 3.63) is 56.5 Å². The third-order valence-corrected chi connectivity index (χ3v) is 6.45. The van der Waals surface area contributed by atoms with Crippen molar-refractivity contribution in [1.29, 1.82) is 0 Å². The molecule has 0 bridgehead atoms. The van der Waals surface area contributed by atoms with Gasteiger partial charge in [0.25, 0.3) is 5.56 Å². The fourth-order valence-electron chi connectivity index (χ4n) is 3.69. The van der Waals surface area contributed by atoms with Crippen LogP contribution in [0.5, 0.6) is 0 Å². The normalized spacial score (nSPS) is 13.8. The van der Waals surface area contributed by atoms with Gasteiger partial charge in [0.1, 0.15) is 0 Å². The third-order valence-electron chi connectivity index (χ3n) is 5.54. The predicted molar refractivity (Wildman–Crippen MR) is 128 cm³/mol. The Balaban J connectivity index is 1.21. The molecule has 0 atom stereocenters. The maximum atomic E-state index is 12.5. The van der Waals surface area contributed by atoms with Gasteiger partial charge in [0, 0.05) is 67.1 Å². The van der Waals surface area contributed by atoms with Crippen LogP contribution in [0.3, 0.4) is 0 Å². The Morgan fingerprint density at radius 3 is 2.76 bits per heavy atom. The fourth-order valence-corrected chi connectivity index (χ4v) is 4.54. The van der Waals surface area contributed by atoms with Crippen LogP contribution in [0, 0.1) is 6.92 Å². The summed E-state index contributed by atoms with van der Waals surface area (Å²) in [6.07, 6.45) is 5.75. The molecule has 1 aliphatic heterocycles. The Hall–Kier alpha value is -3.11. The molecule has 0 radical (unpaired) electrons. The number of ether oxygens (including phenoxy) is 1. The predicted octanol–water partition coefficient (Wildman–Crippen LogP) is 2.12. The zero-order valence-electron chi connectivity index (χ0n) is 18.7. The number of amides is 1. The molecular formula is C23H28N6O3S. The lowest BCUT2D eigenvalue weighted by Crippen LogP contribution is -2.38.